The largest absolute Gasteiger partial charge is 0.393 e. The fourth-order valence-corrected chi connectivity index (χ4v) is 3.18. The monoisotopic (exact) mass is 299 g/mol. The molecule has 0 amide bonds. The van der Waals surface area contributed by atoms with Gasteiger partial charge in [0, 0.05) is 12.6 Å². The standard InChI is InChI=1S/C16H23ClFNO/c1-12(20)10-14-7-3-2-4-9-19(14)11-13-6-5-8-15(18)16(13)17/h5-6,8,12,14,20H,2-4,7,9-11H2,1H3. The highest BCUT2D eigenvalue weighted by Crippen LogP contribution is 2.26. The summed E-state index contributed by atoms with van der Waals surface area (Å²) in [5, 5.41) is 9.90. The summed E-state index contributed by atoms with van der Waals surface area (Å²) in [5.74, 6) is -0.355. The van der Waals surface area contributed by atoms with Crippen LogP contribution < -0.4 is 0 Å². The predicted octanol–water partition coefficient (Wildman–Crippen LogP) is 3.99. The summed E-state index contributed by atoms with van der Waals surface area (Å²) in [6, 6.07) is 5.34. The number of likely N-dealkylation sites (tertiary alicyclic amines) is 1. The number of aliphatic hydroxyl groups is 1. The lowest BCUT2D eigenvalue weighted by Gasteiger charge is -2.31. The van der Waals surface area contributed by atoms with Crippen molar-refractivity contribution in [3.63, 3.8) is 0 Å². The molecule has 1 aliphatic heterocycles. The molecule has 2 rings (SSSR count). The van der Waals surface area contributed by atoms with Crippen LogP contribution in [0.4, 0.5) is 4.39 Å². The first kappa shape index (κ1) is 15.7. The van der Waals surface area contributed by atoms with Gasteiger partial charge in [0.1, 0.15) is 5.82 Å². The minimum Gasteiger partial charge on any atom is -0.393 e. The zero-order valence-corrected chi connectivity index (χ0v) is 12.7. The van der Waals surface area contributed by atoms with Crippen molar-refractivity contribution in [2.24, 2.45) is 0 Å². The number of rotatable bonds is 4. The van der Waals surface area contributed by atoms with Gasteiger partial charge in [-0.15, -0.1) is 0 Å². The molecule has 0 radical (unpaired) electrons. The van der Waals surface area contributed by atoms with E-state index in [1.807, 2.05) is 13.0 Å². The van der Waals surface area contributed by atoms with E-state index in [1.54, 1.807) is 6.07 Å². The Bertz CT molecular complexity index is 438. The van der Waals surface area contributed by atoms with Crippen LogP contribution in [0.3, 0.4) is 0 Å². The van der Waals surface area contributed by atoms with Crippen LogP contribution in [0.25, 0.3) is 0 Å². The molecule has 0 aliphatic carbocycles. The van der Waals surface area contributed by atoms with Crippen molar-refractivity contribution in [2.45, 2.75) is 57.7 Å². The Morgan fingerprint density at radius 2 is 2.20 bits per heavy atom. The Kier molecular flexibility index (Phi) is 5.82. The maximum absolute atomic E-state index is 13.5. The minimum atomic E-state index is -0.355. The van der Waals surface area contributed by atoms with E-state index in [1.165, 1.54) is 18.9 Å². The van der Waals surface area contributed by atoms with Gasteiger partial charge in [-0.05, 0) is 44.4 Å². The van der Waals surface area contributed by atoms with Gasteiger partial charge >= 0.3 is 0 Å². The van der Waals surface area contributed by atoms with Crippen molar-refractivity contribution < 1.29 is 9.50 Å². The molecule has 2 nitrogen and oxygen atoms in total. The van der Waals surface area contributed by atoms with Gasteiger partial charge in [0.25, 0.3) is 0 Å². The van der Waals surface area contributed by atoms with Crippen molar-refractivity contribution in [1.82, 2.24) is 4.90 Å². The molecule has 1 N–H and O–H groups in total. The third-order valence-electron chi connectivity index (χ3n) is 4.02. The van der Waals surface area contributed by atoms with Crippen molar-refractivity contribution in [3.05, 3.63) is 34.6 Å². The van der Waals surface area contributed by atoms with E-state index < -0.39 is 0 Å². The molecular formula is C16H23ClFNO. The van der Waals surface area contributed by atoms with E-state index in [0.29, 0.717) is 12.6 Å². The van der Waals surface area contributed by atoms with Crippen LogP contribution in [0.15, 0.2) is 18.2 Å². The molecule has 0 bridgehead atoms. The number of hydrogen-bond donors (Lipinski definition) is 1. The second-order valence-electron chi connectivity index (χ2n) is 5.77. The highest BCUT2D eigenvalue weighted by Gasteiger charge is 2.23. The van der Waals surface area contributed by atoms with Gasteiger partial charge in [-0.3, -0.25) is 4.90 Å². The minimum absolute atomic E-state index is 0.229. The smallest absolute Gasteiger partial charge is 0.142 e. The molecule has 1 heterocycles. The zero-order valence-electron chi connectivity index (χ0n) is 12.0. The van der Waals surface area contributed by atoms with Gasteiger partial charge in [-0.1, -0.05) is 36.6 Å². The topological polar surface area (TPSA) is 23.5 Å². The first-order valence-electron chi connectivity index (χ1n) is 7.43. The number of aliphatic hydroxyl groups excluding tert-OH is 1. The average Bonchev–Trinajstić information content (AvgIpc) is 2.60. The van der Waals surface area contributed by atoms with Crippen molar-refractivity contribution >= 4 is 11.6 Å². The van der Waals surface area contributed by atoms with Gasteiger partial charge in [-0.2, -0.15) is 0 Å². The summed E-state index contributed by atoms with van der Waals surface area (Å²) in [4.78, 5) is 2.35. The van der Waals surface area contributed by atoms with E-state index in [9.17, 15) is 9.50 Å². The highest BCUT2D eigenvalue weighted by molar-refractivity contribution is 6.31. The summed E-state index contributed by atoms with van der Waals surface area (Å²) in [6.07, 6.45) is 5.14. The predicted molar refractivity (Wildman–Crippen MR) is 80.4 cm³/mol. The third kappa shape index (κ3) is 4.18. The van der Waals surface area contributed by atoms with Gasteiger partial charge in [0.15, 0.2) is 0 Å². The molecule has 2 unspecified atom stereocenters. The molecule has 1 aliphatic rings. The summed E-state index contributed by atoms with van der Waals surface area (Å²) < 4.78 is 13.5. The molecule has 4 heteroatoms. The molecule has 20 heavy (non-hydrogen) atoms. The third-order valence-corrected chi connectivity index (χ3v) is 4.44. The van der Waals surface area contributed by atoms with Gasteiger partial charge in [-0.25, -0.2) is 4.39 Å². The van der Waals surface area contributed by atoms with E-state index in [0.717, 1.165) is 31.4 Å². The number of benzene rings is 1. The van der Waals surface area contributed by atoms with Gasteiger partial charge in [0.2, 0.25) is 0 Å². The molecule has 1 aromatic carbocycles. The Morgan fingerprint density at radius 3 is 2.95 bits per heavy atom. The fraction of sp³-hybridized carbons (Fsp3) is 0.625. The van der Waals surface area contributed by atoms with E-state index in [2.05, 4.69) is 4.90 Å². The number of hydrogen-bond acceptors (Lipinski definition) is 2. The molecule has 0 saturated carbocycles. The van der Waals surface area contributed by atoms with Crippen LogP contribution in [0, 0.1) is 5.82 Å². The lowest BCUT2D eigenvalue weighted by atomic mass is 10.0. The average molecular weight is 300 g/mol. The van der Waals surface area contributed by atoms with Crippen LogP contribution >= 0.6 is 11.6 Å². The maximum Gasteiger partial charge on any atom is 0.142 e. The van der Waals surface area contributed by atoms with E-state index in [-0.39, 0.29) is 16.9 Å². The summed E-state index contributed by atoms with van der Waals surface area (Å²) in [7, 11) is 0. The first-order chi connectivity index (χ1) is 9.58. The maximum atomic E-state index is 13.5. The molecule has 1 fully saturated rings. The fourth-order valence-electron chi connectivity index (χ4n) is 2.99. The lowest BCUT2D eigenvalue weighted by Crippen LogP contribution is -2.36. The normalized spacial score (nSPS) is 22.5. The Balaban J connectivity index is 2.12. The van der Waals surface area contributed by atoms with E-state index >= 15 is 0 Å². The first-order valence-corrected chi connectivity index (χ1v) is 7.80. The SMILES string of the molecule is CC(O)CC1CCCCCN1Cc1cccc(F)c1Cl. The lowest BCUT2D eigenvalue weighted by molar-refractivity contribution is 0.108. The molecule has 1 saturated heterocycles. The number of nitrogens with zero attached hydrogens (tertiary/aromatic N) is 1. The molecule has 2 atom stereocenters. The van der Waals surface area contributed by atoms with Crippen molar-refractivity contribution in [1.29, 1.82) is 0 Å². The Labute approximate surface area is 125 Å². The highest BCUT2D eigenvalue weighted by atomic mass is 35.5. The van der Waals surface area contributed by atoms with Crippen LogP contribution in [0.5, 0.6) is 0 Å². The van der Waals surface area contributed by atoms with Crippen molar-refractivity contribution in [3.8, 4) is 0 Å². The van der Waals surface area contributed by atoms with Crippen LogP contribution in [0.2, 0.25) is 5.02 Å². The van der Waals surface area contributed by atoms with Crippen LogP contribution in [-0.2, 0) is 6.54 Å². The van der Waals surface area contributed by atoms with Gasteiger partial charge < -0.3 is 5.11 Å². The molecule has 112 valence electrons. The molecule has 0 spiro atoms. The molecular weight excluding hydrogens is 277 g/mol. The Morgan fingerprint density at radius 1 is 1.40 bits per heavy atom. The quantitative estimate of drug-likeness (QED) is 0.908. The van der Waals surface area contributed by atoms with E-state index in [4.69, 9.17) is 11.6 Å². The van der Waals surface area contributed by atoms with Gasteiger partial charge in [0.05, 0.1) is 11.1 Å². The summed E-state index contributed by atoms with van der Waals surface area (Å²) in [6.45, 7) is 3.48. The van der Waals surface area contributed by atoms with Crippen LogP contribution in [-0.4, -0.2) is 28.7 Å². The molecule has 0 aromatic heterocycles. The number of halogens is 2. The zero-order chi connectivity index (χ0) is 14.5. The summed E-state index contributed by atoms with van der Waals surface area (Å²) in [5.41, 5.74) is 0.837. The van der Waals surface area contributed by atoms with Crippen molar-refractivity contribution in [2.75, 3.05) is 6.54 Å². The second-order valence-corrected chi connectivity index (χ2v) is 6.15. The summed E-state index contributed by atoms with van der Waals surface area (Å²) >= 11 is 6.06. The Hall–Kier alpha value is -0.640. The molecule has 1 aromatic rings. The van der Waals surface area contributed by atoms with Crippen LogP contribution in [0.1, 0.15) is 44.6 Å². The second kappa shape index (κ2) is 7.39.